The first-order valence-corrected chi connectivity index (χ1v) is 11.5. The summed E-state index contributed by atoms with van der Waals surface area (Å²) in [6.07, 6.45) is -0.778. The molecule has 0 saturated carbocycles. The average molecular weight is 509 g/mol. The van der Waals surface area contributed by atoms with Gasteiger partial charge in [0.25, 0.3) is 0 Å². The molecule has 0 spiro atoms. The molecule has 0 atom stereocenters. The Morgan fingerprint density at radius 1 is 0.943 bits per heavy atom. The van der Waals surface area contributed by atoms with Crippen molar-refractivity contribution in [2.24, 2.45) is 0 Å². The van der Waals surface area contributed by atoms with Crippen LogP contribution >= 0.6 is 12.6 Å². The van der Waals surface area contributed by atoms with Crippen molar-refractivity contribution < 1.29 is 17.6 Å². The number of piperidine rings is 1. The Hall–Kier alpha value is -2.89. The lowest BCUT2D eigenvalue weighted by atomic mass is 10.1. The van der Waals surface area contributed by atoms with E-state index in [2.05, 4.69) is 38.5 Å². The Morgan fingerprint density at radius 3 is 2.14 bits per heavy atom. The predicted octanol–water partition coefficient (Wildman–Crippen LogP) is 5.62. The summed E-state index contributed by atoms with van der Waals surface area (Å²) in [6, 6.07) is 15.8. The second-order valence-corrected chi connectivity index (χ2v) is 8.54. The van der Waals surface area contributed by atoms with Gasteiger partial charge in [-0.05, 0) is 87.6 Å². The van der Waals surface area contributed by atoms with E-state index in [0.29, 0.717) is 30.9 Å². The lowest BCUT2D eigenvalue weighted by molar-refractivity contribution is -0.148. The zero-order valence-corrected chi connectivity index (χ0v) is 20.1. The number of alkyl halides is 3. The number of rotatable bonds is 6. The smallest absolute Gasteiger partial charge is 0.340 e. The minimum Gasteiger partial charge on any atom is -0.340 e. The van der Waals surface area contributed by atoms with Crippen LogP contribution in [0.2, 0.25) is 0 Å². The molecule has 0 amide bonds. The van der Waals surface area contributed by atoms with Crippen LogP contribution in [-0.4, -0.2) is 53.8 Å². The number of nitrogens with zero attached hydrogens (tertiary/aromatic N) is 3. The van der Waals surface area contributed by atoms with Gasteiger partial charge in [0.1, 0.15) is 11.6 Å². The van der Waals surface area contributed by atoms with E-state index < -0.39 is 12.7 Å². The SMILES string of the molecule is CNC1CCN(CC(F)(F)F)CC1.Fc1ccc(Nc2ccnc(Nc3ccc(S)cc3)n2)cc1. The van der Waals surface area contributed by atoms with Gasteiger partial charge in [-0.15, -0.1) is 12.6 Å². The van der Waals surface area contributed by atoms with Gasteiger partial charge in [0, 0.05) is 28.5 Å². The maximum absolute atomic E-state index is 12.9. The molecule has 4 rings (SSSR count). The van der Waals surface area contributed by atoms with Crippen molar-refractivity contribution in [2.45, 2.75) is 30.0 Å². The van der Waals surface area contributed by atoms with Gasteiger partial charge in [0.05, 0.1) is 6.54 Å². The van der Waals surface area contributed by atoms with Crippen molar-refractivity contribution in [2.75, 3.05) is 37.3 Å². The minimum absolute atomic E-state index is 0.275. The third kappa shape index (κ3) is 9.71. The van der Waals surface area contributed by atoms with E-state index in [1.165, 1.54) is 17.0 Å². The molecule has 3 aromatic rings. The molecule has 2 heterocycles. The van der Waals surface area contributed by atoms with Crippen LogP contribution in [0.25, 0.3) is 0 Å². The molecule has 0 aliphatic carbocycles. The Kier molecular flexibility index (Phi) is 9.70. The number of aromatic nitrogens is 2. The number of likely N-dealkylation sites (tertiary alicyclic amines) is 1. The average Bonchev–Trinajstić information content (AvgIpc) is 2.82. The lowest BCUT2D eigenvalue weighted by Crippen LogP contribution is -2.44. The molecule has 0 unspecified atom stereocenters. The van der Waals surface area contributed by atoms with Crippen molar-refractivity contribution in [3.63, 3.8) is 0 Å². The van der Waals surface area contributed by atoms with Crippen molar-refractivity contribution in [1.29, 1.82) is 0 Å². The summed E-state index contributed by atoms with van der Waals surface area (Å²) in [6.45, 7) is 0.333. The van der Waals surface area contributed by atoms with Crippen molar-refractivity contribution in [3.05, 3.63) is 66.6 Å². The number of nitrogens with one attached hydrogen (secondary N) is 3. The van der Waals surface area contributed by atoms with E-state index in [1.807, 2.05) is 31.3 Å². The van der Waals surface area contributed by atoms with E-state index in [-0.39, 0.29) is 5.82 Å². The van der Waals surface area contributed by atoms with Crippen molar-refractivity contribution in [1.82, 2.24) is 20.2 Å². The van der Waals surface area contributed by atoms with E-state index in [1.54, 1.807) is 24.4 Å². The van der Waals surface area contributed by atoms with Crippen LogP contribution in [0.5, 0.6) is 0 Å². The summed E-state index contributed by atoms with van der Waals surface area (Å²) in [5, 5.41) is 9.29. The number of benzene rings is 2. The van der Waals surface area contributed by atoms with Crippen LogP contribution in [0.15, 0.2) is 65.7 Å². The molecule has 35 heavy (non-hydrogen) atoms. The molecule has 188 valence electrons. The van der Waals surface area contributed by atoms with Gasteiger partial charge in [-0.3, -0.25) is 4.90 Å². The second-order valence-electron chi connectivity index (χ2n) is 8.02. The molecule has 1 aromatic heterocycles. The Labute approximate surface area is 207 Å². The van der Waals surface area contributed by atoms with Gasteiger partial charge in [-0.25, -0.2) is 9.37 Å². The molecule has 0 radical (unpaired) electrons. The maximum Gasteiger partial charge on any atom is 0.401 e. The Bertz CT molecular complexity index is 976. The second kappa shape index (κ2) is 12.7. The minimum atomic E-state index is -4.05. The quantitative estimate of drug-likeness (QED) is 0.256. The molecular formula is C24H28F4N6S. The normalized spacial score (nSPS) is 14.7. The molecular weight excluding hydrogens is 480 g/mol. The largest absolute Gasteiger partial charge is 0.401 e. The van der Waals surface area contributed by atoms with E-state index in [0.717, 1.165) is 29.1 Å². The molecule has 11 heteroatoms. The van der Waals surface area contributed by atoms with Crippen molar-refractivity contribution in [3.8, 4) is 0 Å². The van der Waals surface area contributed by atoms with Gasteiger partial charge in [0.2, 0.25) is 5.95 Å². The third-order valence-electron chi connectivity index (χ3n) is 5.29. The molecule has 1 aliphatic rings. The summed E-state index contributed by atoms with van der Waals surface area (Å²) >= 11 is 4.24. The molecule has 6 nitrogen and oxygen atoms in total. The monoisotopic (exact) mass is 508 g/mol. The molecule has 2 aromatic carbocycles. The summed E-state index contributed by atoms with van der Waals surface area (Å²) in [5.41, 5.74) is 1.63. The van der Waals surface area contributed by atoms with Gasteiger partial charge < -0.3 is 16.0 Å². The van der Waals surface area contributed by atoms with Crippen LogP contribution < -0.4 is 16.0 Å². The highest BCUT2D eigenvalue weighted by Crippen LogP contribution is 2.20. The van der Waals surface area contributed by atoms with Crippen LogP contribution in [-0.2, 0) is 0 Å². The first-order valence-electron chi connectivity index (χ1n) is 11.1. The molecule has 0 bridgehead atoms. The van der Waals surface area contributed by atoms with Gasteiger partial charge in [-0.1, -0.05) is 0 Å². The van der Waals surface area contributed by atoms with Gasteiger partial charge >= 0.3 is 6.18 Å². The first-order chi connectivity index (χ1) is 16.7. The standard InChI is InChI=1S/C16H13FN4S.C8H15F3N2/c17-11-1-3-12(4-2-11)19-15-9-10-18-16(21-15)20-13-5-7-14(22)8-6-13;1-12-7-2-4-13(5-3-7)6-8(9,10)11/h1-10,22H,(H2,18,19,20,21);7,12H,2-6H2,1H3. The molecule has 1 saturated heterocycles. The van der Waals surface area contributed by atoms with E-state index in [9.17, 15) is 17.6 Å². The van der Waals surface area contributed by atoms with Crippen LogP contribution in [0, 0.1) is 5.82 Å². The number of thiol groups is 1. The highest BCUT2D eigenvalue weighted by Gasteiger charge is 2.32. The number of halogens is 4. The number of hydrogen-bond acceptors (Lipinski definition) is 7. The fourth-order valence-electron chi connectivity index (χ4n) is 3.48. The van der Waals surface area contributed by atoms with E-state index >= 15 is 0 Å². The summed E-state index contributed by atoms with van der Waals surface area (Å²) in [5.74, 6) is 0.817. The summed E-state index contributed by atoms with van der Waals surface area (Å²) in [7, 11) is 1.85. The van der Waals surface area contributed by atoms with Crippen LogP contribution in [0.3, 0.4) is 0 Å². The lowest BCUT2D eigenvalue weighted by Gasteiger charge is -2.32. The summed E-state index contributed by atoms with van der Waals surface area (Å²) in [4.78, 5) is 10.9. The first kappa shape index (κ1) is 26.7. The highest BCUT2D eigenvalue weighted by atomic mass is 32.1. The molecule has 1 fully saturated rings. The Balaban J connectivity index is 0.000000225. The topological polar surface area (TPSA) is 65.1 Å². The number of anilines is 4. The fourth-order valence-corrected chi connectivity index (χ4v) is 3.63. The predicted molar refractivity (Wildman–Crippen MR) is 133 cm³/mol. The Morgan fingerprint density at radius 2 is 1.54 bits per heavy atom. The van der Waals surface area contributed by atoms with Crippen molar-refractivity contribution >= 4 is 35.8 Å². The zero-order valence-electron chi connectivity index (χ0n) is 19.2. The fraction of sp³-hybridized carbons (Fsp3) is 0.333. The zero-order chi connectivity index (χ0) is 25.3. The maximum atomic E-state index is 12.9. The van der Waals surface area contributed by atoms with Crippen LogP contribution in [0.1, 0.15) is 12.8 Å². The van der Waals surface area contributed by atoms with Gasteiger partial charge in [-0.2, -0.15) is 18.2 Å². The molecule has 3 N–H and O–H groups in total. The number of hydrogen-bond donors (Lipinski definition) is 4. The molecule has 1 aliphatic heterocycles. The third-order valence-corrected chi connectivity index (χ3v) is 5.59. The highest BCUT2D eigenvalue weighted by molar-refractivity contribution is 7.80. The van der Waals surface area contributed by atoms with Crippen LogP contribution in [0.4, 0.5) is 40.7 Å². The van der Waals surface area contributed by atoms with Gasteiger partial charge in [0.15, 0.2) is 0 Å². The van der Waals surface area contributed by atoms with E-state index in [4.69, 9.17) is 0 Å². The summed E-state index contributed by atoms with van der Waals surface area (Å²) < 4.78 is 48.8.